The van der Waals surface area contributed by atoms with E-state index in [4.69, 9.17) is 0 Å². The highest BCUT2D eigenvalue weighted by Gasteiger charge is 2.04. The van der Waals surface area contributed by atoms with Crippen molar-refractivity contribution < 1.29 is 1.43 Å². The summed E-state index contributed by atoms with van der Waals surface area (Å²) in [6, 6.07) is 25.8. The van der Waals surface area contributed by atoms with Gasteiger partial charge >= 0.3 is 0 Å². The van der Waals surface area contributed by atoms with Crippen LogP contribution < -0.4 is 5.32 Å². The molecule has 0 aliphatic heterocycles. The Morgan fingerprint density at radius 1 is 0.840 bits per heavy atom. The smallest absolute Gasteiger partial charge is 0.0390 e. The second-order valence-electron chi connectivity index (χ2n) is 6.77. The van der Waals surface area contributed by atoms with Gasteiger partial charge in [-0.1, -0.05) is 48.5 Å². The van der Waals surface area contributed by atoms with E-state index >= 15 is 0 Å². The van der Waals surface area contributed by atoms with Crippen molar-refractivity contribution >= 4 is 11.4 Å². The summed E-state index contributed by atoms with van der Waals surface area (Å²) in [5.41, 5.74) is 7.42. The fraction of sp³-hybridized carbons (Fsp3) is 0.217. The summed E-state index contributed by atoms with van der Waals surface area (Å²) in [4.78, 5) is 2.21. The summed E-state index contributed by atoms with van der Waals surface area (Å²) in [5.74, 6) is 0. The fourth-order valence-electron chi connectivity index (χ4n) is 2.90. The molecule has 0 spiro atoms. The van der Waals surface area contributed by atoms with Gasteiger partial charge in [-0.3, -0.25) is 0 Å². The molecule has 0 saturated carbocycles. The largest absolute Gasteiger partial charge is 0.356 e. The third-order valence-corrected chi connectivity index (χ3v) is 4.41. The van der Waals surface area contributed by atoms with Crippen LogP contribution in [0.1, 0.15) is 12.6 Å². The molecule has 0 aromatic heterocycles. The zero-order chi connectivity index (χ0) is 17.6. The maximum Gasteiger partial charge on any atom is 0.0390 e. The van der Waals surface area contributed by atoms with E-state index < -0.39 is 0 Å². The Bertz CT molecular complexity index is 811. The van der Waals surface area contributed by atoms with Crippen LogP contribution in [-0.4, -0.2) is 25.5 Å². The molecule has 0 atom stereocenters. The monoisotopic (exact) mass is 333 g/mol. The Morgan fingerprint density at radius 3 is 2.20 bits per heavy atom. The highest BCUT2D eigenvalue weighted by molar-refractivity contribution is 5.73. The molecule has 0 radical (unpaired) electrons. The lowest BCUT2D eigenvalue weighted by atomic mass is 10.00. The number of aryl methyl sites for hydroxylation is 1. The van der Waals surface area contributed by atoms with Gasteiger partial charge in [0.1, 0.15) is 0 Å². The molecule has 3 aromatic rings. The number of likely N-dealkylation sites (N-methyl/N-ethyl adjacent to an activating group) is 1. The minimum Gasteiger partial charge on any atom is -0.356 e. The first-order valence-corrected chi connectivity index (χ1v) is 8.78. The summed E-state index contributed by atoms with van der Waals surface area (Å²) in [7, 11) is 4.22. The van der Waals surface area contributed by atoms with Crippen molar-refractivity contribution in [1.29, 1.82) is 0 Å². The van der Waals surface area contributed by atoms with Crippen LogP contribution in [0, 0.1) is 6.92 Å². The minimum absolute atomic E-state index is 0. The molecule has 0 heterocycles. The predicted molar refractivity (Wildman–Crippen MR) is 111 cm³/mol. The van der Waals surface area contributed by atoms with Gasteiger partial charge in [-0.05, 0) is 74.0 Å². The molecule has 25 heavy (non-hydrogen) atoms. The Balaban J connectivity index is 0.00000243. The van der Waals surface area contributed by atoms with Crippen molar-refractivity contribution in [1.82, 2.24) is 4.90 Å². The number of rotatable bonds is 6. The molecule has 0 bridgehead atoms. The van der Waals surface area contributed by atoms with Crippen molar-refractivity contribution in [2.45, 2.75) is 13.3 Å². The molecule has 2 heteroatoms. The van der Waals surface area contributed by atoms with Crippen molar-refractivity contribution in [2.24, 2.45) is 0 Å². The molecule has 0 unspecified atom stereocenters. The molecule has 0 amide bonds. The number of anilines is 2. The lowest BCUT2D eigenvalue weighted by Crippen LogP contribution is -2.14. The first kappa shape index (κ1) is 17.2. The van der Waals surface area contributed by atoms with E-state index in [0.29, 0.717) is 0 Å². The van der Waals surface area contributed by atoms with Gasteiger partial charge in [-0.2, -0.15) is 0 Å². The second kappa shape index (κ2) is 8.00. The second-order valence-corrected chi connectivity index (χ2v) is 6.77. The van der Waals surface area contributed by atoms with Crippen molar-refractivity contribution in [2.75, 3.05) is 26.0 Å². The Morgan fingerprint density at radius 2 is 1.52 bits per heavy atom. The molecule has 0 aliphatic carbocycles. The Labute approximate surface area is 152 Å². The third-order valence-electron chi connectivity index (χ3n) is 4.41. The molecule has 0 fully saturated rings. The van der Waals surface area contributed by atoms with Gasteiger partial charge in [-0.25, -0.2) is 0 Å². The van der Waals surface area contributed by atoms with Crippen LogP contribution >= 0.6 is 0 Å². The van der Waals surface area contributed by atoms with E-state index in [1.54, 1.807) is 0 Å². The van der Waals surface area contributed by atoms with Gasteiger partial charge in [0.25, 0.3) is 0 Å². The molecule has 2 nitrogen and oxygen atoms in total. The molecule has 130 valence electrons. The molecule has 1 N–H and O–H groups in total. The Hall–Kier alpha value is -2.58. The van der Waals surface area contributed by atoms with Gasteiger partial charge in [0.05, 0.1) is 0 Å². The van der Waals surface area contributed by atoms with Gasteiger partial charge in [-0.15, -0.1) is 0 Å². The van der Waals surface area contributed by atoms with Crippen molar-refractivity contribution in [3.05, 3.63) is 83.9 Å². The Kier molecular flexibility index (Phi) is 5.52. The van der Waals surface area contributed by atoms with Crippen molar-refractivity contribution in [3.63, 3.8) is 0 Å². The van der Waals surface area contributed by atoms with Crippen LogP contribution in [0.15, 0.2) is 72.8 Å². The topological polar surface area (TPSA) is 15.3 Å². The highest BCUT2D eigenvalue weighted by atomic mass is 15.0. The zero-order valence-corrected chi connectivity index (χ0v) is 15.3. The zero-order valence-electron chi connectivity index (χ0n) is 15.3. The third kappa shape index (κ3) is 4.71. The van der Waals surface area contributed by atoms with Crippen molar-refractivity contribution in [3.8, 4) is 11.1 Å². The normalized spacial score (nSPS) is 10.9. The van der Waals surface area contributed by atoms with Crippen LogP contribution in [-0.2, 0) is 6.42 Å². The van der Waals surface area contributed by atoms with Gasteiger partial charge in [0.2, 0.25) is 0 Å². The van der Waals surface area contributed by atoms with Gasteiger partial charge in [0.15, 0.2) is 0 Å². The SMILES string of the molecule is Cc1ccc(Nc2ccc(CCN(C)C)cc2)cc1-c1ccccc1.[2HH]. The molecular weight excluding hydrogens is 304 g/mol. The van der Waals surface area contributed by atoms with E-state index in [1.807, 2.05) is 0 Å². The number of nitrogens with one attached hydrogen (secondary N) is 1. The standard InChI is InChI=1S/C23H26N2.H2/c1-18-9-12-22(17-23(18)20-7-5-4-6-8-20)24-21-13-10-19(11-14-21)15-16-25(2)3;/h4-14,17,24H,15-16H2,1-3H3;1H/i;1+1. The summed E-state index contributed by atoms with van der Waals surface area (Å²) >= 11 is 0. The summed E-state index contributed by atoms with van der Waals surface area (Å²) < 4.78 is 0. The number of benzene rings is 3. The average Bonchev–Trinajstić information content (AvgIpc) is 2.63. The summed E-state index contributed by atoms with van der Waals surface area (Å²) in [6.45, 7) is 3.23. The average molecular weight is 333 g/mol. The fourth-order valence-corrected chi connectivity index (χ4v) is 2.90. The van der Waals surface area contributed by atoms with E-state index in [2.05, 4.69) is 104 Å². The number of nitrogens with zero attached hydrogens (tertiary/aromatic N) is 1. The van der Waals surface area contributed by atoms with E-state index in [1.165, 1.54) is 22.3 Å². The first-order valence-electron chi connectivity index (χ1n) is 8.78. The van der Waals surface area contributed by atoms with Crippen LogP contribution in [0.5, 0.6) is 0 Å². The van der Waals surface area contributed by atoms with Gasteiger partial charge < -0.3 is 10.2 Å². The lowest BCUT2D eigenvalue weighted by Gasteiger charge is -2.12. The quantitative estimate of drug-likeness (QED) is 0.617. The molecule has 3 rings (SSSR count). The number of hydrogen-bond donors (Lipinski definition) is 1. The lowest BCUT2D eigenvalue weighted by molar-refractivity contribution is 0.413. The summed E-state index contributed by atoms with van der Waals surface area (Å²) in [6.07, 6.45) is 1.08. The first-order chi connectivity index (χ1) is 12.1. The number of hydrogen-bond acceptors (Lipinski definition) is 2. The summed E-state index contributed by atoms with van der Waals surface area (Å²) in [5, 5.41) is 3.52. The van der Waals surface area contributed by atoms with E-state index in [9.17, 15) is 0 Å². The highest BCUT2D eigenvalue weighted by Crippen LogP contribution is 2.28. The van der Waals surface area contributed by atoms with Crippen LogP contribution in [0.4, 0.5) is 11.4 Å². The minimum atomic E-state index is 0. The van der Waals surface area contributed by atoms with Gasteiger partial charge in [0, 0.05) is 19.3 Å². The van der Waals surface area contributed by atoms with Crippen LogP contribution in [0.2, 0.25) is 0 Å². The molecule has 0 aliphatic rings. The molecular formula is C23H28N2. The van der Waals surface area contributed by atoms with E-state index in [0.717, 1.165) is 24.3 Å². The molecule has 3 aromatic carbocycles. The predicted octanol–water partition coefficient (Wildman–Crippen LogP) is 5.76. The maximum atomic E-state index is 3.52. The molecule has 0 saturated heterocycles. The van der Waals surface area contributed by atoms with Crippen LogP contribution in [0.3, 0.4) is 0 Å². The van der Waals surface area contributed by atoms with E-state index in [-0.39, 0.29) is 1.43 Å². The van der Waals surface area contributed by atoms with Crippen LogP contribution in [0.25, 0.3) is 11.1 Å². The maximum absolute atomic E-state index is 3.52.